The number of hydrogen-bond donors (Lipinski definition) is 1. The molecule has 0 radical (unpaired) electrons. The van der Waals surface area contributed by atoms with Gasteiger partial charge in [0.25, 0.3) is 0 Å². The lowest BCUT2D eigenvalue weighted by Crippen LogP contribution is -2.06. The molecule has 126 valence electrons. The summed E-state index contributed by atoms with van der Waals surface area (Å²) in [5.74, 6) is 1.17. The quantitative estimate of drug-likeness (QED) is 0.678. The normalized spacial score (nSPS) is 11.6. The van der Waals surface area contributed by atoms with Gasteiger partial charge in [-0.3, -0.25) is 0 Å². The second kappa shape index (κ2) is 7.73. The van der Waals surface area contributed by atoms with E-state index >= 15 is 0 Å². The molecule has 5 nitrogen and oxygen atoms in total. The van der Waals surface area contributed by atoms with Crippen LogP contribution in [0.1, 0.15) is 30.1 Å². The maximum atomic E-state index is 9.27. The number of nitriles is 1. The van der Waals surface area contributed by atoms with Crippen molar-refractivity contribution in [1.29, 1.82) is 5.26 Å². The van der Waals surface area contributed by atoms with Gasteiger partial charge in [0.2, 0.25) is 17.5 Å². The fraction of sp³-hybridized carbons (Fsp3) is 0.158. The highest BCUT2D eigenvalue weighted by Crippen LogP contribution is 2.26. The Bertz CT molecular complexity index is 887. The van der Waals surface area contributed by atoms with Crippen molar-refractivity contribution in [3.63, 3.8) is 0 Å². The number of aromatic nitrogens is 1. The lowest BCUT2D eigenvalue weighted by Gasteiger charge is -2.13. The molecule has 3 rings (SSSR count). The fourth-order valence-corrected chi connectivity index (χ4v) is 2.51. The van der Waals surface area contributed by atoms with Gasteiger partial charge in [0, 0.05) is 0 Å². The van der Waals surface area contributed by atoms with E-state index in [2.05, 4.69) is 10.3 Å². The number of hydrogen-bond acceptors (Lipinski definition) is 5. The van der Waals surface area contributed by atoms with E-state index in [0.717, 1.165) is 5.56 Å². The number of para-hydroxylation sites is 1. The Balaban J connectivity index is 1.71. The standard InChI is InChI=1S/C19H16ClN3O2/c1-13(14-7-3-2-4-8-14)22-19-16(11-21)23-18(25-19)12-24-17-10-6-5-9-15(17)20/h2-10,13,22H,12H2,1H3/t13-/m0/s1. The average Bonchev–Trinajstić information content (AvgIpc) is 3.03. The number of benzene rings is 2. The van der Waals surface area contributed by atoms with E-state index < -0.39 is 0 Å². The molecule has 6 heteroatoms. The lowest BCUT2D eigenvalue weighted by atomic mass is 10.1. The van der Waals surface area contributed by atoms with Crippen molar-refractivity contribution >= 4 is 17.5 Å². The number of anilines is 1. The van der Waals surface area contributed by atoms with Gasteiger partial charge in [-0.2, -0.15) is 10.2 Å². The Hall–Kier alpha value is -2.97. The fourth-order valence-electron chi connectivity index (χ4n) is 2.32. The summed E-state index contributed by atoms with van der Waals surface area (Å²) in [7, 11) is 0. The molecule has 1 aromatic heterocycles. The molecule has 0 spiro atoms. The van der Waals surface area contributed by atoms with Crippen molar-refractivity contribution in [2.75, 3.05) is 5.32 Å². The molecular weight excluding hydrogens is 338 g/mol. The molecule has 0 saturated heterocycles. The summed E-state index contributed by atoms with van der Waals surface area (Å²) >= 11 is 6.05. The Morgan fingerprint density at radius 2 is 1.92 bits per heavy atom. The Kier molecular flexibility index (Phi) is 5.22. The number of oxazole rings is 1. The monoisotopic (exact) mass is 353 g/mol. The molecule has 0 unspecified atom stereocenters. The first-order chi connectivity index (χ1) is 12.2. The van der Waals surface area contributed by atoms with Crippen molar-refractivity contribution in [3.05, 3.63) is 76.8 Å². The highest BCUT2D eigenvalue weighted by molar-refractivity contribution is 6.32. The van der Waals surface area contributed by atoms with Gasteiger partial charge in [-0.25, -0.2) is 0 Å². The van der Waals surface area contributed by atoms with Gasteiger partial charge in [-0.15, -0.1) is 0 Å². The highest BCUT2D eigenvalue weighted by Gasteiger charge is 2.16. The average molecular weight is 354 g/mol. The first-order valence-corrected chi connectivity index (χ1v) is 8.14. The molecule has 0 bridgehead atoms. The molecule has 0 amide bonds. The van der Waals surface area contributed by atoms with Gasteiger partial charge in [0.15, 0.2) is 6.61 Å². The van der Waals surface area contributed by atoms with Crippen LogP contribution in [0.15, 0.2) is 59.0 Å². The van der Waals surface area contributed by atoms with Crippen molar-refractivity contribution in [2.45, 2.75) is 19.6 Å². The Morgan fingerprint density at radius 1 is 1.20 bits per heavy atom. The van der Waals surface area contributed by atoms with E-state index in [4.69, 9.17) is 20.8 Å². The maximum absolute atomic E-state index is 9.27. The van der Waals surface area contributed by atoms with Crippen LogP contribution in [0.25, 0.3) is 0 Å². The molecule has 0 saturated carbocycles. The molecule has 2 aromatic carbocycles. The molecular formula is C19H16ClN3O2. The van der Waals surface area contributed by atoms with Crippen LogP contribution in [0, 0.1) is 11.3 Å². The van der Waals surface area contributed by atoms with Crippen LogP contribution < -0.4 is 10.1 Å². The van der Waals surface area contributed by atoms with Crippen LogP contribution in [0.5, 0.6) is 5.75 Å². The summed E-state index contributed by atoms with van der Waals surface area (Å²) in [6.07, 6.45) is 0. The number of rotatable bonds is 6. The first-order valence-electron chi connectivity index (χ1n) is 7.76. The number of ether oxygens (including phenoxy) is 1. The van der Waals surface area contributed by atoms with Crippen molar-refractivity contribution in [2.24, 2.45) is 0 Å². The maximum Gasteiger partial charge on any atom is 0.236 e. The molecule has 0 aliphatic rings. The Labute approximate surface area is 150 Å². The lowest BCUT2D eigenvalue weighted by molar-refractivity contribution is 0.265. The summed E-state index contributed by atoms with van der Waals surface area (Å²) in [5, 5.41) is 12.9. The third-order valence-corrected chi connectivity index (χ3v) is 3.92. The third-order valence-electron chi connectivity index (χ3n) is 3.61. The van der Waals surface area contributed by atoms with Gasteiger partial charge in [-0.05, 0) is 24.6 Å². The van der Waals surface area contributed by atoms with E-state index in [1.807, 2.05) is 55.5 Å². The molecule has 3 aromatic rings. The molecule has 1 N–H and O–H groups in total. The minimum Gasteiger partial charge on any atom is -0.482 e. The molecule has 0 aliphatic carbocycles. The predicted octanol–water partition coefficient (Wildman–Crippen LogP) is 4.95. The van der Waals surface area contributed by atoms with Crippen molar-refractivity contribution in [3.8, 4) is 11.8 Å². The molecule has 1 atom stereocenters. The van der Waals surface area contributed by atoms with Crippen LogP contribution in [-0.4, -0.2) is 4.98 Å². The van der Waals surface area contributed by atoms with Gasteiger partial charge < -0.3 is 14.5 Å². The zero-order valence-electron chi connectivity index (χ0n) is 13.6. The van der Waals surface area contributed by atoms with E-state index in [-0.39, 0.29) is 18.3 Å². The summed E-state index contributed by atoms with van der Waals surface area (Å²) < 4.78 is 11.2. The van der Waals surface area contributed by atoms with Crippen molar-refractivity contribution in [1.82, 2.24) is 4.98 Å². The molecule has 0 aliphatic heterocycles. The van der Waals surface area contributed by atoms with E-state index in [1.54, 1.807) is 12.1 Å². The second-order valence-corrected chi connectivity index (χ2v) is 5.80. The van der Waals surface area contributed by atoms with Gasteiger partial charge >= 0.3 is 0 Å². The zero-order valence-corrected chi connectivity index (χ0v) is 14.3. The summed E-state index contributed by atoms with van der Waals surface area (Å²) in [4.78, 5) is 4.16. The first kappa shape index (κ1) is 16.9. The number of halogens is 1. The van der Waals surface area contributed by atoms with E-state index in [1.165, 1.54) is 0 Å². The summed E-state index contributed by atoms with van der Waals surface area (Å²) in [6.45, 7) is 2.07. The molecule has 25 heavy (non-hydrogen) atoms. The third kappa shape index (κ3) is 4.11. The van der Waals surface area contributed by atoms with Gasteiger partial charge in [-0.1, -0.05) is 54.1 Å². The van der Waals surface area contributed by atoms with Gasteiger partial charge in [0.1, 0.15) is 11.8 Å². The van der Waals surface area contributed by atoms with Crippen LogP contribution in [-0.2, 0) is 6.61 Å². The highest BCUT2D eigenvalue weighted by atomic mass is 35.5. The number of nitrogens with one attached hydrogen (secondary N) is 1. The second-order valence-electron chi connectivity index (χ2n) is 5.39. The van der Waals surface area contributed by atoms with E-state index in [9.17, 15) is 5.26 Å². The topological polar surface area (TPSA) is 71.1 Å². The minimum atomic E-state index is -0.0291. The smallest absolute Gasteiger partial charge is 0.236 e. The molecule has 1 heterocycles. The minimum absolute atomic E-state index is 0.0291. The zero-order chi connectivity index (χ0) is 17.6. The van der Waals surface area contributed by atoms with Crippen LogP contribution in [0.2, 0.25) is 5.02 Å². The van der Waals surface area contributed by atoms with Crippen molar-refractivity contribution < 1.29 is 9.15 Å². The molecule has 0 fully saturated rings. The van der Waals surface area contributed by atoms with Gasteiger partial charge in [0.05, 0.1) is 11.1 Å². The predicted molar refractivity (Wildman–Crippen MR) is 95.5 cm³/mol. The summed E-state index contributed by atoms with van der Waals surface area (Å²) in [6, 6.07) is 19.0. The largest absolute Gasteiger partial charge is 0.482 e. The Morgan fingerprint density at radius 3 is 2.64 bits per heavy atom. The summed E-state index contributed by atoms with van der Waals surface area (Å²) in [5.41, 5.74) is 1.28. The van der Waals surface area contributed by atoms with E-state index in [0.29, 0.717) is 22.5 Å². The van der Waals surface area contributed by atoms with Crippen LogP contribution in [0.4, 0.5) is 5.88 Å². The SMILES string of the molecule is C[C@H](Nc1oc(COc2ccccc2Cl)nc1C#N)c1ccccc1. The van der Waals surface area contributed by atoms with Crippen LogP contribution >= 0.6 is 11.6 Å². The van der Waals surface area contributed by atoms with Crippen LogP contribution in [0.3, 0.4) is 0 Å². The number of nitrogens with zero attached hydrogens (tertiary/aromatic N) is 2.